The standard InChI is InChI=1S/C18H21FN2O/c1-3-15(12-4-5-12)17(11-20-2)21-9-8-13-10-14(19)6-7-16(13)18(21)22/h6-7,10-12H,3-5,8-9H2,1-2H3. The van der Waals surface area contributed by atoms with Gasteiger partial charge in [-0.1, -0.05) is 6.92 Å². The minimum atomic E-state index is -0.280. The molecule has 0 N–H and O–H groups in total. The van der Waals surface area contributed by atoms with Crippen LogP contribution in [0.1, 0.15) is 42.1 Å². The van der Waals surface area contributed by atoms with Gasteiger partial charge in [-0.05, 0) is 60.9 Å². The SMILES string of the molecule is CCC(=C(C=NC)N1CCc2cc(F)ccc2C1=O)C1CC1. The molecule has 3 nitrogen and oxygen atoms in total. The summed E-state index contributed by atoms with van der Waals surface area (Å²) in [5.41, 5.74) is 3.69. The zero-order valence-electron chi connectivity index (χ0n) is 13.1. The molecular formula is C18H21FN2O. The second-order valence-corrected chi connectivity index (χ2v) is 5.93. The van der Waals surface area contributed by atoms with Gasteiger partial charge in [0, 0.05) is 25.4 Å². The van der Waals surface area contributed by atoms with Gasteiger partial charge in [0.15, 0.2) is 0 Å². The van der Waals surface area contributed by atoms with Crippen LogP contribution in [0.2, 0.25) is 0 Å². The lowest BCUT2D eigenvalue weighted by Crippen LogP contribution is -2.38. The van der Waals surface area contributed by atoms with Crippen LogP contribution in [-0.4, -0.2) is 30.6 Å². The lowest BCUT2D eigenvalue weighted by molar-refractivity contribution is 0.0798. The maximum absolute atomic E-state index is 13.3. The summed E-state index contributed by atoms with van der Waals surface area (Å²) in [6.07, 6.45) is 5.83. The van der Waals surface area contributed by atoms with E-state index in [0.717, 1.165) is 17.7 Å². The fourth-order valence-corrected chi connectivity index (χ4v) is 3.25. The Morgan fingerprint density at radius 3 is 2.86 bits per heavy atom. The first kappa shape index (κ1) is 14.9. The zero-order chi connectivity index (χ0) is 15.7. The third-order valence-corrected chi connectivity index (χ3v) is 4.47. The Balaban J connectivity index is 2.00. The molecule has 1 aliphatic heterocycles. The Morgan fingerprint density at radius 2 is 2.23 bits per heavy atom. The summed E-state index contributed by atoms with van der Waals surface area (Å²) in [5, 5.41) is 0. The number of hydrogen-bond donors (Lipinski definition) is 0. The smallest absolute Gasteiger partial charge is 0.258 e. The van der Waals surface area contributed by atoms with E-state index in [1.54, 1.807) is 13.1 Å². The van der Waals surface area contributed by atoms with Crippen molar-refractivity contribution in [1.29, 1.82) is 0 Å². The van der Waals surface area contributed by atoms with Gasteiger partial charge in [-0.15, -0.1) is 0 Å². The molecule has 0 atom stereocenters. The van der Waals surface area contributed by atoms with Crippen LogP contribution in [0.5, 0.6) is 0 Å². The second-order valence-electron chi connectivity index (χ2n) is 5.93. The van der Waals surface area contributed by atoms with Crippen molar-refractivity contribution in [2.45, 2.75) is 32.6 Å². The Bertz CT molecular complexity index is 659. The summed E-state index contributed by atoms with van der Waals surface area (Å²) in [6, 6.07) is 4.44. The fourth-order valence-electron chi connectivity index (χ4n) is 3.25. The van der Waals surface area contributed by atoms with Gasteiger partial charge >= 0.3 is 0 Å². The summed E-state index contributed by atoms with van der Waals surface area (Å²) in [6.45, 7) is 2.72. The summed E-state index contributed by atoms with van der Waals surface area (Å²) in [5.74, 6) is 0.279. The molecule has 2 aliphatic rings. The highest BCUT2D eigenvalue weighted by molar-refractivity contribution is 6.01. The van der Waals surface area contributed by atoms with E-state index in [4.69, 9.17) is 0 Å². The van der Waals surface area contributed by atoms with Crippen LogP contribution in [0.25, 0.3) is 0 Å². The lowest BCUT2D eigenvalue weighted by Gasteiger charge is -2.31. The number of allylic oxidation sites excluding steroid dienone is 2. The van der Waals surface area contributed by atoms with Crippen LogP contribution in [0.4, 0.5) is 4.39 Å². The van der Waals surface area contributed by atoms with Crippen molar-refractivity contribution >= 4 is 12.1 Å². The molecule has 1 aromatic carbocycles. The summed E-state index contributed by atoms with van der Waals surface area (Å²) in [7, 11) is 1.73. The predicted octanol–water partition coefficient (Wildman–Crippen LogP) is 3.60. The van der Waals surface area contributed by atoms with Gasteiger partial charge in [-0.2, -0.15) is 0 Å². The molecule has 1 fully saturated rings. The van der Waals surface area contributed by atoms with E-state index >= 15 is 0 Å². The molecule has 0 bridgehead atoms. The van der Waals surface area contributed by atoms with E-state index in [9.17, 15) is 9.18 Å². The summed E-state index contributed by atoms with van der Waals surface area (Å²) in [4.78, 5) is 18.8. The van der Waals surface area contributed by atoms with Crippen molar-refractivity contribution in [3.8, 4) is 0 Å². The number of hydrogen-bond acceptors (Lipinski definition) is 2. The Hall–Kier alpha value is -1.97. The van der Waals surface area contributed by atoms with E-state index in [1.807, 2.05) is 11.1 Å². The first-order valence-corrected chi connectivity index (χ1v) is 7.91. The molecule has 22 heavy (non-hydrogen) atoms. The van der Waals surface area contributed by atoms with Gasteiger partial charge in [-0.25, -0.2) is 4.39 Å². The van der Waals surface area contributed by atoms with Crippen molar-refractivity contribution in [3.63, 3.8) is 0 Å². The molecule has 4 heteroatoms. The normalized spacial score (nSPS) is 19.4. The average Bonchev–Trinajstić information content (AvgIpc) is 3.32. The molecule has 0 saturated heterocycles. The third kappa shape index (κ3) is 2.70. The highest BCUT2D eigenvalue weighted by Crippen LogP contribution is 2.40. The largest absolute Gasteiger partial charge is 0.307 e. The molecule has 0 radical (unpaired) electrons. The van der Waals surface area contributed by atoms with Crippen LogP contribution in [-0.2, 0) is 6.42 Å². The predicted molar refractivity (Wildman–Crippen MR) is 85.6 cm³/mol. The highest BCUT2D eigenvalue weighted by Gasteiger charge is 2.32. The maximum Gasteiger partial charge on any atom is 0.258 e. The van der Waals surface area contributed by atoms with Crippen LogP contribution < -0.4 is 0 Å². The molecule has 0 aromatic heterocycles. The average molecular weight is 300 g/mol. The van der Waals surface area contributed by atoms with E-state index in [1.165, 1.54) is 30.5 Å². The molecule has 3 rings (SSSR count). The minimum absolute atomic E-state index is 0.0391. The molecule has 1 saturated carbocycles. The third-order valence-electron chi connectivity index (χ3n) is 4.47. The topological polar surface area (TPSA) is 32.7 Å². The van der Waals surface area contributed by atoms with E-state index in [0.29, 0.717) is 24.4 Å². The van der Waals surface area contributed by atoms with Crippen molar-refractivity contribution in [2.24, 2.45) is 10.9 Å². The molecule has 1 amide bonds. The number of carbonyl (C=O) groups is 1. The lowest BCUT2D eigenvalue weighted by atomic mass is 9.96. The summed E-state index contributed by atoms with van der Waals surface area (Å²) < 4.78 is 13.3. The number of aliphatic imine (C=N–C) groups is 1. The Labute approximate surface area is 130 Å². The van der Waals surface area contributed by atoms with E-state index in [-0.39, 0.29) is 11.7 Å². The van der Waals surface area contributed by atoms with Gasteiger partial charge in [0.25, 0.3) is 5.91 Å². The second kappa shape index (κ2) is 6.03. The monoisotopic (exact) mass is 300 g/mol. The first-order valence-electron chi connectivity index (χ1n) is 7.91. The quantitative estimate of drug-likeness (QED) is 0.782. The van der Waals surface area contributed by atoms with Crippen molar-refractivity contribution < 1.29 is 9.18 Å². The number of halogens is 1. The van der Waals surface area contributed by atoms with Gasteiger partial charge in [-0.3, -0.25) is 9.79 Å². The van der Waals surface area contributed by atoms with Crippen LogP contribution in [0, 0.1) is 11.7 Å². The van der Waals surface area contributed by atoms with Gasteiger partial charge in [0.1, 0.15) is 5.82 Å². The van der Waals surface area contributed by atoms with Crippen LogP contribution in [0.15, 0.2) is 34.5 Å². The zero-order valence-corrected chi connectivity index (χ0v) is 13.1. The number of rotatable bonds is 4. The van der Waals surface area contributed by atoms with Crippen LogP contribution in [0.3, 0.4) is 0 Å². The number of benzene rings is 1. The van der Waals surface area contributed by atoms with Gasteiger partial charge in [0.2, 0.25) is 0 Å². The summed E-state index contributed by atoms with van der Waals surface area (Å²) >= 11 is 0. The maximum atomic E-state index is 13.3. The Morgan fingerprint density at radius 1 is 1.45 bits per heavy atom. The van der Waals surface area contributed by atoms with Gasteiger partial charge in [0.05, 0.1) is 5.70 Å². The highest BCUT2D eigenvalue weighted by atomic mass is 19.1. The minimum Gasteiger partial charge on any atom is -0.307 e. The molecule has 0 spiro atoms. The van der Waals surface area contributed by atoms with Crippen molar-refractivity contribution in [2.75, 3.05) is 13.6 Å². The molecule has 116 valence electrons. The first-order chi connectivity index (χ1) is 10.7. The van der Waals surface area contributed by atoms with Crippen molar-refractivity contribution in [3.05, 3.63) is 46.4 Å². The van der Waals surface area contributed by atoms with Gasteiger partial charge < -0.3 is 4.90 Å². The van der Waals surface area contributed by atoms with Crippen molar-refractivity contribution in [1.82, 2.24) is 4.90 Å². The van der Waals surface area contributed by atoms with E-state index in [2.05, 4.69) is 11.9 Å². The molecule has 0 unspecified atom stereocenters. The van der Waals surface area contributed by atoms with E-state index < -0.39 is 0 Å². The fraction of sp³-hybridized carbons (Fsp3) is 0.444. The molecule has 1 heterocycles. The molecular weight excluding hydrogens is 279 g/mol. The number of amides is 1. The molecule has 1 aliphatic carbocycles. The number of carbonyl (C=O) groups excluding carboxylic acids is 1. The number of fused-ring (bicyclic) bond motifs is 1. The Kier molecular flexibility index (Phi) is 4.10. The van der Waals surface area contributed by atoms with Crippen LogP contribution >= 0.6 is 0 Å². The number of nitrogens with zero attached hydrogens (tertiary/aromatic N) is 2. The molecule has 1 aromatic rings.